The molecular weight excluding hydrogens is 480 g/mol. The molecule has 4 rings (SSSR count). The van der Waals surface area contributed by atoms with E-state index in [4.69, 9.17) is 4.74 Å². The number of fused-ring (bicyclic) bond motifs is 1. The number of hydrogen-bond acceptors (Lipinski definition) is 6. The van der Waals surface area contributed by atoms with Crippen molar-refractivity contribution in [2.75, 3.05) is 47.4 Å². The van der Waals surface area contributed by atoms with Gasteiger partial charge in [0.1, 0.15) is 0 Å². The maximum atomic E-state index is 13.6. The monoisotopic (exact) mass is 520 g/mol. The molecular formula is C30H40N4O4. The number of piperazine rings is 1. The minimum absolute atomic E-state index is 0.0382. The first-order chi connectivity index (χ1) is 18.0. The number of carbonyl (C=O) groups is 2. The summed E-state index contributed by atoms with van der Waals surface area (Å²) in [6, 6.07) is 11.5. The van der Waals surface area contributed by atoms with E-state index in [0.29, 0.717) is 37.6 Å². The van der Waals surface area contributed by atoms with Crippen LogP contribution < -0.4 is 4.74 Å². The summed E-state index contributed by atoms with van der Waals surface area (Å²) in [6.07, 6.45) is 1.78. The molecule has 8 nitrogen and oxygen atoms in total. The smallest absolute Gasteiger partial charge is 0.269 e. The topological polar surface area (TPSA) is 76.6 Å². The summed E-state index contributed by atoms with van der Waals surface area (Å²) in [4.78, 5) is 34.0. The fourth-order valence-electron chi connectivity index (χ4n) is 5.19. The van der Waals surface area contributed by atoms with Crippen LogP contribution >= 0.6 is 0 Å². The number of phenolic OH excluding ortho intramolecular Hbond substituents is 1. The zero-order chi connectivity index (χ0) is 27.6. The van der Waals surface area contributed by atoms with Gasteiger partial charge in [-0.15, -0.1) is 0 Å². The average Bonchev–Trinajstić information content (AvgIpc) is 3.37. The number of nitrogens with zero attached hydrogens (tertiary/aromatic N) is 4. The molecule has 2 amide bonds. The number of likely N-dealkylation sites (N-methyl/N-ethyl adjacent to an activating group) is 1. The van der Waals surface area contributed by atoms with Crippen LogP contribution in [0, 0.1) is 0 Å². The quantitative estimate of drug-likeness (QED) is 0.537. The zero-order valence-electron chi connectivity index (χ0n) is 23.3. The minimum atomic E-state index is -0.0920. The first-order valence-corrected chi connectivity index (χ1v) is 13.2. The number of methoxy groups -OCH3 is 1. The van der Waals surface area contributed by atoms with E-state index >= 15 is 0 Å². The Morgan fingerprint density at radius 1 is 1.05 bits per heavy atom. The van der Waals surface area contributed by atoms with E-state index < -0.39 is 0 Å². The summed E-state index contributed by atoms with van der Waals surface area (Å²) in [5, 5.41) is 9.89. The summed E-state index contributed by atoms with van der Waals surface area (Å²) in [7, 11) is 5.18. The lowest BCUT2D eigenvalue weighted by molar-refractivity contribution is -0.129. The number of ether oxygens (including phenoxy) is 1. The summed E-state index contributed by atoms with van der Waals surface area (Å²) in [6.45, 7) is 11.9. The van der Waals surface area contributed by atoms with Crippen LogP contribution in [0.4, 0.5) is 0 Å². The van der Waals surface area contributed by atoms with Gasteiger partial charge in [0.15, 0.2) is 11.5 Å². The highest BCUT2D eigenvalue weighted by atomic mass is 16.5. The second-order valence-corrected chi connectivity index (χ2v) is 11.0. The first kappa shape index (κ1) is 27.5. The van der Waals surface area contributed by atoms with Crippen LogP contribution in [0.5, 0.6) is 11.5 Å². The van der Waals surface area contributed by atoms with Gasteiger partial charge in [-0.1, -0.05) is 24.8 Å². The van der Waals surface area contributed by atoms with Crippen LogP contribution in [0.1, 0.15) is 47.3 Å². The van der Waals surface area contributed by atoms with E-state index in [1.54, 1.807) is 23.0 Å². The molecule has 0 aromatic heterocycles. The van der Waals surface area contributed by atoms with E-state index in [1.807, 2.05) is 43.3 Å². The predicted molar refractivity (Wildman–Crippen MR) is 148 cm³/mol. The van der Waals surface area contributed by atoms with Crippen LogP contribution in [-0.4, -0.2) is 89.4 Å². The molecule has 2 heterocycles. The van der Waals surface area contributed by atoms with Crippen molar-refractivity contribution in [3.63, 3.8) is 0 Å². The summed E-state index contributed by atoms with van der Waals surface area (Å²) >= 11 is 0. The Bertz CT molecular complexity index is 1210. The minimum Gasteiger partial charge on any atom is -0.504 e. The van der Waals surface area contributed by atoms with E-state index in [1.165, 1.54) is 5.56 Å². The van der Waals surface area contributed by atoms with Crippen molar-refractivity contribution in [3.8, 4) is 11.5 Å². The van der Waals surface area contributed by atoms with Crippen molar-refractivity contribution in [1.82, 2.24) is 19.6 Å². The van der Waals surface area contributed by atoms with Crippen molar-refractivity contribution in [2.24, 2.45) is 0 Å². The summed E-state index contributed by atoms with van der Waals surface area (Å²) in [5.41, 5.74) is 4.56. The Morgan fingerprint density at radius 3 is 2.39 bits per heavy atom. The largest absolute Gasteiger partial charge is 0.504 e. The van der Waals surface area contributed by atoms with Gasteiger partial charge in [0.25, 0.3) is 11.8 Å². The van der Waals surface area contributed by atoms with Gasteiger partial charge in [0.2, 0.25) is 0 Å². The third-order valence-corrected chi connectivity index (χ3v) is 7.98. The number of amides is 2. The highest BCUT2D eigenvalue weighted by Gasteiger charge is 2.35. The van der Waals surface area contributed by atoms with Gasteiger partial charge < -0.3 is 24.5 Å². The number of hydrogen-bond donors (Lipinski definition) is 1. The summed E-state index contributed by atoms with van der Waals surface area (Å²) in [5.74, 6) is 0.599. The molecule has 0 radical (unpaired) electrons. The highest BCUT2D eigenvalue weighted by molar-refractivity contribution is 5.97. The SMILES string of the molecule is C=C(C(=O)N1CCN(C(=O)c2cccc3c2CN(C(C)(C)CCc2ccc(O)c(OC)c2)C3)CC1)N(C)C. The lowest BCUT2D eigenvalue weighted by Crippen LogP contribution is -2.51. The second kappa shape index (κ2) is 11.1. The van der Waals surface area contributed by atoms with Crippen molar-refractivity contribution >= 4 is 11.8 Å². The van der Waals surface area contributed by atoms with Crippen LogP contribution in [-0.2, 0) is 24.3 Å². The van der Waals surface area contributed by atoms with Crippen LogP contribution in [0.25, 0.3) is 0 Å². The number of aromatic hydroxyl groups is 1. The zero-order valence-corrected chi connectivity index (χ0v) is 23.3. The summed E-state index contributed by atoms with van der Waals surface area (Å²) < 4.78 is 5.26. The Labute approximate surface area is 226 Å². The number of rotatable bonds is 8. The molecule has 0 unspecified atom stereocenters. The van der Waals surface area contributed by atoms with E-state index in [2.05, 4.69) is 31.4 Å². The van der Waals surface area contributed by atoms with Gasteiger partial charge in [-0.05, 0) is 61.6 Å². The average molecular weight is 521 g/mol. The van der Waals surface area contributed by atoms with E-state index in [-0.39, 0.29) is 23.1 Å². The first-order valence-electron chi connectivity index (χ1n) is 13.2. The van der Waals surface area contributed by atoms with Gasteiger partial charge in [-0.2, -0.15) is 0 Å². The molecule has 1 N–H and O–H groups in total. The fourth-order valence-corrected chi connectivity index (χ4v) is 5.19. The molecule has 1 saturated heterocycles. The number of aryl methyl sites for hydroxylation is 1. The van der Waals surface area contributed by atoms with Crippen LogP contribution in [0.15, 0.2) is 48.7 Å². The normalized spacial score (nSPS) is 15.8. The Kier molecular flexibility index (Phi) is 8.02. The van der Waals surface area contributed by atoms with Crippen molar-refractivity contribution in [3.05, 3.63) is 70.9 Å². The Hall–Kier alpha value is -3.52. The second-order valence-electron chi connectivity index (χ2n) is 11.0. The standard InChI is InChI=1S/C30H40N4O4/c1-21(31(4)5)28(36)32-14-16-33(17-15-32)29(37)24-9-7-8-23-19-34(20-25(23)24)30(2,3)13-12-22-10-11-26(35)27(18-22)38-6/h7-11,18,35H,1,12-17,19-20H2,2-6H3. The molecule has 2 aromatic rings. The Morgan fingerprint density at radius 2 is 1.74 bits per heavy atom. The molecule has 0 aliphatic carbocycles. The van der Waals surface area contributed by atoms with Crippen molar-refractivity contribution in [2.45, 2.75) is 45.3 Å². The molecule has 0 bridgehead atoms. The van der Waals surface area contributed by atoms with Gasteiger partial charge in [0, 0.05) is 64.5 Å². The molecule has 8 heteroatoms. The molecule has 2 aliphatic heterocycles. The van der Waals surface area contributed by atoms with Crippen molar-refractivity contribution in [1.29, 1.82) is 0 Å². The third-order valence-electron chi connectivity index (χ3n) is 7.98. The molecule has 0 spiro atoms. The van der Waals surface area contributed by atoms with Crippen LogP contribution in [0.2, 0.25) is 0 Å². The molecule has 2 aromatic carbocycles. The number of benzene rings is 2. The van der Waals surface area contributed by atoms with Gasteiger partial charge in [-0.3, -0.25) is 14.5 Å². The molecule has 1 fully saturated rings. The van der Waals surface area contributed by atoms with E-state index in [9.17, 15) is 14.7 Å². The van der Waals surface area contributed by atoms with Gasteiger partial charge >= 0.3 is 0 Å². The number of carbonyl (C=O) groups excluding carboxylic acids is 2. The molecule has 2 aliphatic rings. The number of phenols is 1. The molecule has 38 heavy (non-hydrogen) atoms. The van der Waals surface area contributed by atoms with Gasteiger partial charge in [-0.25, -0.2) is 0 Å². The predicted octanol–water partition coefficient (Wildman–Crippen LogP) is 3.49. The third kappa shape index (κ3) is 5.65. The maximum absolute atomic E-state index is 13.6. The molecule has 0 saturated carbocycles. The Balaban J connectivity index is 1.40. The molecule has 204 valence electrons. The fraction of sp³-hybridized carbons (Fsp3) is 0.467. The highest BCUT2D eigenvalue weighted by Crippen LogP contribution is 2.35. The lowest BCUT2D eigenvalue weighted by atomic mass is 9.93. The lowest BCUT2D eigenvalue weighted by Gasteiger charge is -2.36. The molecule has 0 atom stereocenters. The maximum Gasteiger partial charge on any atom is 0.269 e. The van der Waals surface area contributed by atoms with Crippen molar-refractivity contribution < 1.29 is 19.4 Å². The van der Waals surface area contributed by atoms with Crippen LogP contribution in [0.3, 0.4) is 0 Å². The van der Waals surface area contributed by atoms with E-state index in [0.717, 1.165) is 42.6 Å². The van der Waals surface area contributed by atoms with Gasteiger partial charge in [0.05, 0.1) is 12.8 Å².